The Labute approximate surface area is 199 Å². The van der Waals surface area contributed by atoms with Gasteiger partial charge in [-0.25, -0.2) is 9.48 Å². The van der Waals surface area contributed by atoms with E-state index >= 15 is 0 Å². The lowest BCUT2D eigenvalue weighted by molar-refractivity contribution is -0.0323. The molecule has 1 aliphatic heterocycles. The Bertz CT molecular complexity index is 1690. The van der Waals surface area contributed by atoms with Crippen LogP contribution in [0.2, 0.25) is 0 Å². The van der Waals surface area contributed by atoms with Crippen LogP contribution in [-0.4, -0.2) is 42.4 Å². The van der Waals surface area contributed by atoms with Gasteiger partial charge in [0.15, 0.2) is 0 Å². The maximum Gasteiger partial charge on any atom is 0.330 e. The van der Waals surface area contributed by atoms with Gasteiger partial charge < -0.3 is 9.84 Å². The maximum absolute atomic E-state index is 12.4. The van der Waals surface area contributed by atoms with Crippen molar-refractivity contribution < 1.29 is 9.84 Å². The highest BCUT2D eigenvalue weighted by molar-refractivity contribution is 6.13. The quantitative estimate of drug-likeness (QED) is 0.391. The van der Waals surface area contributed by atoms with Crippen molar-refractivity contribution in [1.82, 2.24) is 24.5 Å². The molecule has 3 atom stereocenters. The number of benzene rings is 3. The van der Waals surface area contributed by atoms with Crippen molar-refractivity contribution in [2.75, 3.05) is 6.61 Å². The zero-order chi connectivity index (χ0) is 24.1. The number of aromatic amines is 1. The molecule has 9 nitrogen and oxygen atoms in total. The van der Waals surface area contributed by atoms with E-state index in [0.29, 0.717) is 17.7 Å². The molecule has 1 aliphatic rings. The molecule has 9 heteroatoms. The summed E-state index contributed by atoms with van der Waals surface area (Å²) in [4.78, 5) is 26.4. The van der Waals surface area contributed by atoms with E-state index in [-0.39, 0.29) is 12.6 Å². The van der Waals surface area contributed by atoms with Crippen LogP contribution in [0.25, 0.3) is 32.8 Å². The molecule has 0 saturated carbocycles. The molecule has 2 aromatic heterocycles. The van der Waals surface area contributed by atoms with Gasteiger partial charge in [-0.05, 0) is 34.5 Å². The van der Waals surface area contributed by atoms with Gasteiger partial charge in [-0.2, -0.15) is 0 Å². The first kappa shape index (κ1) is 21.5. The second-order valence-corrected chi connectivity index (χ2v) is 8.87. The summed E-state index contributed by atoms with van der Waals surface area (Å²) < 4.78 is 9.04. The van der Waals surface area contributed by atoms with Crippen LogP contribution in [0.15, 0.2) is 76.6 Å². The number of rotatable bonds is 4. The minimum atomic E-state index is -0.644. The van der Waals surface area contributed by atoms with Crippen LogP contribution in [-0.2, 0) is 4.74 Å². The van der Waals surface area contributed by atoms with Crippen LogP contribution >= 0.6 is 0 Å². The first-order chi connectivity index (χ1) is 17.0. The second-order valence-electron chi connectivity index (χ2n) is 8.87. The molecular weight excluding hydrogens is 446 g/mol. The Balaban J connectivity index is 1.39. The van der Waals surface area contributed by atoms with Gasteiger partial charge in [0.1, 0.15) is 18.0 Å². The maximum atomic E-state index is 12.4. The summed E-state index contributed by atoms with van der Waals surface area (Å²) in [6.45, 7) is 1.38. The molecule has 0 bridgehead atoms. The Morgan fingerprint density at radius 3 is 2.60 bits per heavy atom. The standard InChI is InChI=1S/C26H23N5O4/c1-15-12-30(26(34)27-25(15)33)24-11-22(23(14-32)35-24)31-13-21(28-29-31)20-10-16-6-2-3-7-17(16)18-8-4-5-9-19(18)20/h2-10,12-13,22-24,32H,11,14H2,1H3,(H,27,33,34)/t22-,23+,24+/m0/s1. The molecule has 35 heavy (non-hydrogen) atoms. The molecule has 3 heterocycles. The average molecular weight is 470 g/mol. The Kier molecular flexibility index (Phi) is 5.09. The number of hydrogen-bond acceptors (Lipinski definition) is 6. The van der Waals surface area contributed by atoms with E-state index in [9.17, 15) is 14.7 Å². The first-order valence-corrected chi connectivity index (χ1v) is 11.4. The number of hydrogen-bond donors (Lipinski definition) is 2. The lowest BCUT2D eigenvalue weighted by Crippen LogP contribution is -2.33. The molecule has 5 aromatic rings. The normalized spacial score (nSPS) is 20.1. The summed E-state index contributed by atoms with van der Waals surface area (Å²) in [6.07, 6.45) is 2.50. The zero-order valence-electron chi connectivity index (χ0n) is 19.0. The summed E-state index contributed by atoms with van der Waals surface area (Å²) >= 11 is 0. The first-order valence-electron chi connectivity index (χ1n) is 11.4. The number of aromatic nitrogens is 5. The number of fused-ring (bicyclic) bond motifs is 3. The van der Waals surface area contributed by atoms with Crippen molar-refractivity contribution in [2.24, 2.45) is 0 Å². The van der Waals surface area contributed by atoms with Gasteiger partial charge in [0.05, 0.1) is 18.8 Å². The molecule has 2 N–H and O–H groups in total. The highest BCUT2D eigenvalue weighted by Crippen LogP contribution is 2.38. The molecule has 0 spiro atoms. The van der Waals surface area contributed by atoms with E-state index in [2.05, 4.69) is 45.6 Å². The van der Waals surface area contributed by atoms with Gasteiger partial charge in [-0.1, -0.05) is 53.7 Å². The third-order valence-electron chi connectivity index (χ3n) is 6.73. The van der Waals surface area contributed by atoms with Crippen molar-refractivity contribution in [3.63, 3.8) is 0 Å². The molecule has 0 radical (unpaired) electrons. The van der Waals surface area contributed by atoms with Gasteiger partial charge in [0.2, 0.25) is 0 Å². The topological polar surface area (TPSA) is 115 Å². The summed E-state index contributed by atoms with van der Waals surface area (Å²) in [6, 6.07) is 18.2. The minimum Gasteiger partial charge on any atom is -0.394 e. The van der Waals surface area contributed by atoms with Gasteiger partial charge in [-0.15, -0.1) is 5.10 Å². The molecule has 6 rings (SSSR count). The fourth-order valence-corrected chi connectivity index (χ4v) is 4.96. The lowest BCUT2D eigenvalue weighted by atomic mass is 9.96. The SMILES string of the molecule is Cc1cn([C@H]2C[C@H](n3cc(-c4cc5ccccc5c5ccccc45)nn3)[C@@H](CO)O2)c(=O)[nH]c1=O. The van der Waals surface area contributed by atoms with Crippen molar-refractivity contribution in [2.45, 2.75) is 31.7 Å². The van der Waals surface area contributed by atoms with Crippen molar-refractivity contribution in [3.05, 3.63) is 93.4 Å². The average Bonchev–Trinajstić information content (AvgIpc) is 3.53. The number of H-pyrrole nitrogens is 1. The van der Waals surface area contributed by atoms with Crippen molar-refractivity contribution in [1.29, 1.82) is 0 Å². The van der Waals surface area contributed by atoms with Crippen LogP contribution in [0.4, 0.5) is 0 Å². The summed E-state index contributed by atoms with van der Waals surface area (Å²) in [5.41, 5.74) is 1.11. The predicted octanol–water partition coefficient (Wildman–Crippen LogP) is 2.93. The molecule has 0 unspecified atom stereocenters. The predicted molar refractivity (Wildman–Crippen MR) is 131 cm³/mol. The molecular formula is C26H23N5O4. The second kappa shape index (κ2) is 8.30. The molecule has 1 fully saturated rings. The summed E-state index contributed by atoms with van der Waals surface area (Å²) in [7, 11) is 0. The zero-order valence-corrected chi connectivity index (χ0v) is 19.0. The molecule has 0 amide bonds. The van der Waals surface area contributed by atoms with Crippen molar-refractivity contribution >= 4 is 21.5 Å². The monoisotopic (exact) mass is 469 g/mol. The van der Waals surface area contributed by atoms with Gasteiger partial charge in [0.25, 0.3) is 5.56 Å². The van der Waals surface area contributed by atoms with Crippen LogP contribution in [0, 0.1) is 6.92 Å². The lowest BCUT2D eigenvalue weighted by Gasteiger charge is -2.15. The number of aryl methyl sites for hydroxylation is 1. The van der Waals surface area contributed by atoms with E-state index in [4.69, 9.17) is 4.74 Å². The van der Waals surface area contributed by atoms with E-state index in [0.717, 1.165) is 21.7 Å². The minimum absolute atomic E-state index is 0.244. The van der Waals surface area contributed by atoms with E-state index in [1.165, 1.54) is 16.2 Å². The van der Waals surface area contributed by atoms with Gasteiger partial charge in [-0.3, -0.25) is 14.3 Å². The van der Waals surface area contributed by atoms with Crippen LogP contribution in [0.3, 0.4) is 0 Å². The fraction of sp³-hybridized carbons (Fsp3) is 0.231. The molecule has 3 aromatic carbocycles. The highest BCUT2D eigenvalue weighted by atomic mass is 16.5. The molecule has 0 aliphatic carbocycles. The third kappa shape index (κ3) is 3.56. The fourth-order valence-electron chi connectivity index (χ4n) is 4.96. The van der Waals surface area contributed by atoms with E-state index in [1.807, 2.05) is 30.5 Å². The number of nitrogens with one attached hydrogen (secondary N) is 1. The summed E-state index contributed by atoms with van der Waals surface area (Å²) in [5, 5.41) is 23.3. The highest BCUT2D eigenvalue weighted by Gasteiger charge is 2.38. The Hall–Kier alpha value is -4.08. The molecule has 1 saturated heterocycles. The van der Waals surface area contributed by atoms with Crippen LogP contribution < -0.4 is 11.2 Å². The van der Waals surface area contributed by atoms with Crippen molar-refractivity contribution in [3.8, 4) is 11.3 Å². The summed E-state index contributed by atoms with van der Waals surface area (Å²) in [5.74, 6) is 0. The van der Waals surface area contributed by atoms with Crippen LogP contribution in [0.1, 0.15) is 24.3 Å². The number of aliphatic hydroxyl groups is 1. The largest absolute Gasteiger partial charge is 0.394 e. The number of aliphatic hydroxyl groups excluding tert-OH is 1. The molecule has 176 valence electrons. The van der Waals surface area contributed by atoms with Crippen LogP contribution in [0.5, 0.6) is 0 Å². The Morgan fingerprint density at radius 2 is 1.80 bits per heavy atom. The van der Waals surface area contributed by atoms with E-state index < -0.39 is 23.6 Å². The van der Waals surface area contributed by atoms with Gasteiger partial charge in [0, 0.05) is 23.7 Å². The van der Waals surface area contributed by atoms with E-state index in [1.54, 1.807) is 11.6 Å². The smallest absolute Gasteiger partial charge is 0.330 e. The number of ether oxygens (including phenoxy) is 1. The van der Waals surface area contributed by atoms with Gasteiger partial charge >= 0.3 is 5.69 Å². The Morgan fingerprint density at radius 1 is 1.06 bits per heavy atom. The third-order valence-corrected chi connectivity index (χ3v) is 6.73. The number of nitrogens with zero attached hydrogens (tertiary/aromatic N) is 4.